The molecule has 0 unspecified atom stereocenters. The van der Waals surface area contributed by atoms with Crippen LogP contribution in [0.5, 0.6) is 0 Å². The fraction of sp³-hybridized carbons (Fsp3) is 0.250. The maximum Gasteiger partial charge on any atom is 0.198 e. The van der Waals surface area contributed by atoms with E-state index >= 15 is 0 Å². The average Bonchev–Trinajstić information content (AvgIpc) is 3.29. The van der Waals surface area contributed by atoms with Crippen LogP contribution in [0.3, 0.4) is 0 Å². The highest BCUT2D eigenvalue weighted by Crippen LogP contribution is 2.27. The van der Waals surface area contributed by atoms with E-state index in [0.717, 1.165) is 58.5 Å². The van der Waals surface area contributed by atoms with Gasteiger partial charge < -0.3 is 9.30 Å². The molecule has 0 radical (unpaired) electrons. The summed E-state index contributed by atoms with van der Waals surface area (Å²) in [6, 6.07) is 16.1. The molecule has 0 N–H and O–H groups in total. The van der Waals surface area contributed by atoms with E-state index in [1.54, 1.807) is 0 Å². The molecule has 0 spiro atoms. The molecule has 1 fully saturated rings. The average molecular weight is 409 g/mol. The van der Waals surface area contributed by atoms with E-state index in [1.165, 1.54) is 0 Å². The maximum atomic E-state index is 5.87. The van der Waals surface area contributed by atoms with E-state index in [4.69, 9.17) is 19.7 Å². The summed E-state index contributed by atoms with van der Waals surface area (Å²) in [5.74, 6) is 0.887. The first-order valence-corrected chi connectivity index (χ1v) is 9.58. The molecule has 4 aromatic rings. The van der Waals surface area contributed by atoms with Crippen LogP contribution in [0.15, 0.2) is 53.0 Å². The van der Waals surface area contributed by atoms with Crippen molar-refractivity contribution in [2.45, 2.75) is 25.5 Å². The number of fused-ring (bicyclic) bond motifs is 2. The zero-order chi connectivity index (χ0) is 17.5. The minimum atomic E-state index is 0.204. The number of hydrogen-bond acceptors (Lipinski definition) is 4. The molecule has 0 amide bonds. The molecule has 2 aromatic carbocycles. The number of halogens is 1. The SMILES string of the molecule is Brc1ccc(-c2nc3nc4ccccc4nc3n2C[C@H]2CCCO2)cc1. The van der Waals surface area contributed by atoms with Crippen LogP contribution < -0.4 is 0 Å². The number of aromatic nitrogens is 4. The lowest BCUT2D eigenvalue weighted by Crippen LogP contribution is -2.16. The number of hydrogen-bond donors (Lipinski definition) is 0. The molecule has 2 aromatic heterocycles. The Morgan fingerprint density at radius 1 is 1.00 bits per heavy atom. The highest BCUT2D eigenvalue weighted by Gasteiger charge is 2.22. The lowest BCUT2D eigenvalue weighted by atomic mass is 10.2. The van der Waals surface area contributed by atoms with Crippen LogP contribution in [-0.4, -0.2) is 32.2 Å². The predicted molar refractivity (Wildman–Crippen MR) is 105 cm³/mol. The molecule has 0 bridgehead atoms. The summed E-state index contributed by atoms with van der Waals surface area (Å²) < 4.78 is 9.08. The van der Waals surface area contributed by atoms with E-state index in [0.29, 0.717) is 5.65 Å². The van der Waals surface area contributed by atoms with E-state index in [2.05, 4.69) is 32.6 Å². The van der Waals surface area contributed by atoms with E-state index in [1.807, 2.05) is 36.4 Å². The van der Waals surface area contributed by atoms with Crippen molar-refractivity contribution in [2.75, 3.05) is 6.61 Å². The molecule has 6 heteroatoms. The molecule has 130 valence electrons. The minimum absolute atomic E-state index is 0.204. The molecular formula is C20H17BrN4O. The molecule has 1 saturated heterocycles. The summed E-state index contributed by atoms with van der Waals surface area (Å²) in [4.78, 5) is 14.4. The summed E-state index contributed by atoms with van der Waals surface area (Å²) in [6.45, 7) is 1.58. The monoisotopic (exact) mass is 408 g/mol. The van der Waals surface area contributed by atoms with Gasteiger partial charge in [-0.05, 0) is 37.1 Å². The van der Waals surface area contributed by atoms with Gasteiger partial charge in [0.2, 0.25) is 0 Å². The zero-order valence-electron chi connectivity index (χ0n) is 14.1. The second-order valence-electron chi connectivity index (χ2n) is 6.55. The number of imidazole rings is 1. The standard InChI is InChI=1S/C20H17BrN4O/c21-14-9-7-13(8-10-14)19-24-18-20(25(19)12-15-4-3-11-26-15)23-17-6-2-1-5-16(17)22-18/h1-2,5-10,15H,3-4,11-12H2/t15-/m1/s1. The Labute approximate surface area is 159 Å². The van der Waals surface area contributed by atoms with Gasteiger partial charge in [-0.2, -0.15) is 0 Å². The van der Waals surface area contributed by atoms with Crippen molar-refractivity contribution in [3.63, 3.8) is 0 Å². The Morgan fingerprint density at radius 2 is 1.77 bits per heavy atom. The van der Waals surface area contributed by atoms with Gasteiger partial charge in [0.05, 0.1) is 23.7 Å². The van der Waals surface area contributed by atoms with E-state index in [9.17, 15) is 0 Å². The van der Waals surface area contributed by atoms with E-state index < -0.39 is 0 Å². The van der Waals surface area contributed by atoms with Crippen LogP contribution in [0.1, 0.15) is 12.8 Å². The third kappa shape index (κ3) is 2.79. The second-order valence-corrected chi connectivity index (χ2v) is 7.46. The Kier molecular flexibility index (Phi) is 3.94. The van der Waals surface area contributed by atoms with Gasteiger partial charge in [-0.15, -0.1) is 0 Å². The summed E-state index contributed by atoms with van der Waals surface area (Å²) in [5, 5.41) is 0. The molecule has 1 atom stereocenters. The number of nitrogens with zero attached hydrogens (tertiary/aromatic N) is 4. The molecule has 0 aliphatic carbocycles. The third-order valence-corrected chi connectivity index (χ3v) is 5.30. The van der Waals surface area contributed by atoms with Crippen LogP contribution in [0.4, 0.5) is 0 Å². The first-order valence-electron chi connectivity index (χ1n) is 8.78. The minimum Gasteiger partial charge on any atom is -0.376 e. The molecular weight excluding hydrogens is 392 g/mol. The van der Waals surface area contributed by atoms with Gasteiger partial charge in [-0.25, -0.2) is 15.0 Å². The quantitative estimate of drug-likeness (QED) is 0.497. The lowest BCUT2D eigenvalue weighted by molar-refractivity contribution is 0.0981. The first-order chi connectivity index (χ1) is 12.8. The summed E-state index contributed by atoms with van der Waals surface area (Å²) in [6.07, 6.45) is 2.38. The van der Waals surface area contributed by atoms with Gasteiger partial charge in [-0.3, -0.25) is 0 Å². The van der Waals surface area contributed by atoms with Crippen molar-refractivity contribution in [1.29, 1.82) is 0 Å². The Morgan fingerprint density at radius 3 is 2.50 bits per heavy atom. The second kappa shape index (κ2) is 6.45. The molecule has 1 aliphatic rings. The molecule has 26 heavy (non-hydrogen) atoms. The smallest absolute Gasteiger partial charge is 0.198 e. The summed E-state index contributed by atoms with van der Waals surface area (Å²) in [5.41, 5.74) is 4.30. The number of rotatable bonds is 3. The number of ether oxygens (including phenoxy) is 1. The van der Waals surface area contributed by atoms with Crippen molar-refractivity contribution in [3.8, 4) is 11.4 Å². The molecule has 5 nitrogen and oxygen atoms in total. The Hall–Kier alpha value is -2.31. The van der Waals surface area contributed by atoms with Crippen LogP contribution in [0.25, 0.3) is 33.7 Å². The Bertz CT molecular complexity index is 1080. The van der Waals surface area contributed by atoms with Crippen molar-refractivity contribution in [2.24, 2.45) is 0 Å². The first kappa shape index (κ1) is 15.9. The van der Waals surface area contributed by atoms with Gasteiger partial charge in [0.15, 0.2) is 11.3 Å². The van der Waals surface area contributed by atoms with Crippen molar-refractivity contribution in [3.05, 3.63) is 53.0 Å². The van der Waals surface area contributed by atoms with Crippen LogP contribution >= 0.6 is 15.9 Å². The van der Waals surface area contributed by atoms with Gasteiger partial charge in [0.1, 0.15) is 5.82 Å². The van der Waals surface area contributed by atoms with Gasteiger partial charge in [0, 0.05) is 16.6 Å². The fourth-order valence-electron chi connectivity index (χ4n) is 3.48. The summed E-state index contributed by atoms with van der Waals surface area (Å²) >= 11 is 3.50. The highest BCUT2D eigenvalue weighted by molar-refractivity contribution is 9.10. The summed E-state index contributed by atoms with van der Waals surface area (Å²) in [7, 11) is 0. The topological polar surface area (TPSA) is 52.8 Å². The fourth-order valence-corrected chi connectivity index (χ4v) is 3.75. The number of benzene rings is 2. The van der Waals surface area contributed by atoms with Gasteiger partial charge in [-0.1, -0.05) is 40.2 Å². The van der Waals surface area contributed by atoms with Crippen LogP contribution in [-0.2, 0) is 11.3 Å². The highest BCUT2D eigenvalue weighted by atomic mass is 79.9. The third-order valence-electron chi connectivity index (χ3n) is 4.77. The van der Waals surface area contributed by atoms with Crippen molar-refractivity contribution < 1.29 is 4.74 Å². The zero-order valence-corrected chi connectivity index (χ0v) is 15.7. The molecule has 1 aliphatic heterocycles. The van der Waals surface area contributed by atoms with E-state index in [-0.39, 0.29) is 6.10 Å². The van der Waals surface area contributed by atoms with Gasteiger partial charge >= 0.3 is 0 Å². The Balaban J connectivity index is 1.72. The normalized spacial score (nSPS) is 17.3. The predicted octanol–water partition coefficient (Wildman–Crippen LogP) is 4.59. The number of para-hydroxylation sites is 2. The van der Waals surface area contributed by atoms with Crippen molar-refractivity contribution in [1.82, 2.24) is 19.5 Å². The molecule has 5 rings (SSSR count). The van der Waals surface area contributed by atoms with Gasteiger partial charge in [0.25, 0.3) is 0 Å². The largest absolute Gasteiger partial charge is 0.376 e. The van der Waals surface area contributed by atoms with Crippen LogP contribution in [0, 0.1) is 0 Å². The molecule has 3 heterocycles. The molecule has 0 saturated carbocycles. The van der Waals surface area contributed by atoms with Crippen LogP contribution in [0.2, 0.25) is 0 Å². The lowest BCUT2D eigenvalue weighted by Gasteiger charge is -2.13. The van der Waals surface area contributed by atoms with Crippen molar-refractivity contribution >= 4 is 38.3 Å². The maximum absolute atomic E-state index is 5.87.